The molecule has 1 aliphatic heterocycles. The molecule has 0 aromatic rings. The van der Waals surface area contributed by atoms with E-state index in [1.54, 1.807) is 0 Å². The van der Waals surface area contributed by atoms with Crippen LogP contribution in [0.1, 0.15) is 33.6 Å². The highest BCUT2D eigenvalue weighted by Crippen LogP contribution is 2.57. The fourth-order valence-corrected chi connectivity index (χ4v) is 3.54. The smallest absolute Gasteiger partial charge is 0.0684 e. The van der Waals surface area contributed by atoms with Crippen molar-refractivity contribution in [2.45, 2.75) is 39.7 Å². The van der Waals surface area contributed by atoms with Gasteiger partial charge in [0.05, 0.1) is 12.7 Å². The third-order valence-electron chi connectivity index (χ3n) is 4.79. The monoisotopic (exact) mass is 210 g/mol. The summed E-state index contributed by atoms with van der Waals surface area (Å²) in [6, 6.07) is 0. The molecule has 15 heavy (non-hydrogen) atoms. The second-order valence-corrected chi connectivity index (χ2v) is 5.95. The summed E-state index contributed by atoms with van der Waals surface area (Å²) in [5.74, 6) is 0.277. The topological polar surface area (TPSA) is 29.5 Å². The lowest BCUT2D eigenvalue weighted by atomic mass is 9.54. The molecule has 0 unspecified atom stereocenters. The molecule has 1 saturated carbocycles. The molecule has 1 heterocycles. The molecule has 2 nitrogen and oxygen atoms in total. The van der Waals surface area contributed by atoms with Gasteiger partial charge in [-0.2, -0.15) is 0 Å². The normalized spacial score (nSPS) is 44.1. The molecule has 86 valence electrons. The summed E-state index contributed by atoms with van der Waals surface area (Å²) in [7, 11) is 0. The van der Waals surface area contributed by atoms with E-state index in [0.717, 1.165) is 12.8 Å². The Labute approximate surface area is 92.3 Å². The van der Waals surface area contributed by atoms with E-state index in [-0.39, 0.29) is 29.5 Å². The Balaban J connectivity index is 2.39. The summed E-state index contributed by atoms with van der Waals surface area (Å²) >= 11 is 0. The van der Waals surface area contributed by atoms with Gasteiger partial charge in [-0.15, -0.1) is 0 Å². The molecule has 0 bridgehead atoms. The van der Waals surface area contributed by atoms with Gasteiger partial charge in [0, 0.05) is 12.0 Å². The number of hydrogen-bond acceptors (Lipinski definition) is 2. The van der Waals surface area contributed by atoms with E-state index in [1.807, 2.05) is 0 Å². The lowest BCUT2D eigenvalue weighted by molar-refractivity contribution is -0.0795. The zero-order valence-corrected chi connectivity index (χ0v) is 10.0. The molecule has 1 aliphatic carbocycles. The van der Waals surface area contributed by atoms with Crippen LogP contribution in [0.5, 0.6) is 0 Å². The van der Waals surface area contributed by atoms with Crippen LogP contribution >= 0.6 is 0 Å². The zero-order chi connectivity index (χ0) is 11.3. The molecule has 2 rings (SSSR count). The van der Waals surface area contributed by atoms with Crippen molar-refractivity contribution in [2.75, 3.05) is 13.2 Å². The largest absolute Gasteiger partial charge is 0.396 e. The van der Waals surface area contributed by atoms with E-state index >= 15 is 0 Å². The number of aliphatic hydroxyl groups excluding tert-OH is 1. The van der Waals surface area contributed by atoms with Crippen molar-refractivity contribution in [3.8, 4) is 0 Å². The molecule has 0 amide bonds. The molecule has 0 aromatic heterocycles. The molecule has 2 aliphatic rings. The molecule has 0 aromatic carbocycles. The standard InChI is InChI=1S/C13H22O2/c1-9-8-15-11-5-6-12(2,3)10(7-14)13(9,11)4/h10-11,14H,1,5-8H2,2-4H3/t10-,11-,13+/m0/s1. The minimum absolute atomic E-state index is 0.0174. The van der Waals surface area contributed by atoms with E-state index in [9.17, 15) is 5.11 Å². The number of fused-ring (bicyclic) bond motifs is 1. The van der Waals surface area contributed by atoms with Crippen LogP contribution in [-0.2, 0) is 4.74 Å². The highest BCUT2D eigenvalue weighted by atomic mass is 16.5. The Hall–Kier alpha value is -0.340. The minimum atomic E-state index is -0.0174. The first-order valence-corrected chi connectivity index (χ1v) is 5.83. The van der Waals surface area contributed by atoms with Crippen molar-refractivity contribution in [1.29, 1.82) is 0 Å². The van der Waals surface area contributed by atoms with E-state index in [2.05, 4.69) is 27.4 Å². The predicted octanol–water partition coefficient (Wildman–Crippen LogP) is 2.38. The first-order valence-electron chi connectivity index (χ1n) is 5.83. The Morgan fingerprint density at radius 1 is 1.47 bits per heavy atom. The molecule has 1 N–H and O–H groups in total. The molecule has 1 saturated heterocycles. The maximum absolute atomic E-state index is 9.66. The second kappa shape index (κ2) is 3.33. The van der Waals surface area contributed by atoms with Gasteiger partial charge in [-0.3, -0.25) is 0 Å². The second-order valence-electron chi connectivity index (χ2n) is 5.95. The van der Waals surface area contributed by atoms with Gasteiger partial charge in [0.1, 0.15) is 0 Å². The van der Waals surface area contributed by atoms with Gasteiger partial charge >= 0.3 is 0 Å². The van der Waals surface area contributed by atoms with Crippen molar-refractivity contribution in [3.63, 3.8) is 0 Å². The van der Waals surface area contributed by atoms with Gasteiger partial charge in [0.2, 0.25) is 0 Å². The molecular formula is C13H22O2. The number of aliphatic hydroxyl groups is 1. The predicted molar refractivity (Wildman–Crippen MR) is 60.6 cm³/mol. The lowest BCUT2D eigenvalue weighted by Gasteiger charge is -2.51. The van der Waals surface area contributed by atoms with Gasteiger partial charge in [-0.1, -0.05) is 27.4 Å². The average molecular weight is 210 g/mol. The molecular weight excluding hydrogens is 188 g/mol. The molecule has 3 atom stereocenters. The molecule has 0 spiro atoms. The summed E-state index contributed by atoms with van der Waals surface area (Å²) in [5.41, 5.74) is 1.34. The van der Waals surface area contributed by atoms with Crippen molar-refractivity contribution < 1.29 is 9.84 Å². The fraction of sp³-hybridized carbons (Fsp3) is 0.846. The Kier molecular flexibility index (Phi) is 2.47. The third-order valence-corrected chi connectivity index (χ3v) is 4.79. The van der Waals surface area contributed by atoms with Crippen LogP contribution in [0, 0.1) is 16.7 Å². The summed E-state index contributed by atoms with van der Waals surface area (Å²) in [6.07, 6.45) is 2.50. The van der Waals surface area contributed by atoms with E-state index in [0.29, 0.717) is 6.61 Å². The quantitative estimate of drug-likeness (QED) is 0.673. The van der Waals surface area contributed by atoms with Crippen molar-refractivity contribution in [2.24, 2.45) is 16.7 Å². The number of ether oxygens (including phenoxy) is 1. The van der Waals surface area contributed by atoms with E-state index in [1.165, 1.54) is 5.57 Å². The van der Waals surface area contributed by atoms with Crippen LogP contribution in [0.4, 0.5) is 0 Å². The van der Waals surface area contributed by atoms with Crippen molar-refractivity contribution in [3.05, 3.63) is 12.2 Å². The van der Waals surface area contributed by atoms with Gasteiger partial charge in [0.25, 0.3) is 0 Å². The Morgan fingerprint density at radius 2 is 2.13 bits per heavy atom. The highest BCUT2D eigenvalue weighted by molar-refractivity contribution is 5.22. The van der Waals surface area contributed by atoms with E-state index < -0.39 is 0 Å². The highest BCUT2D eigenvalue weighted by Gasteiger charge is 2.56. The molecule has 2 heteroatoms. The fourth-order valence-electron chi connectivity index (χ4n) is 3.54. The molecule has 0 radical (unpaired) electrons. The van der Waals surface area contributed by atoms with Gasteiger partial charge in [-0.25, -0.2) is 0 Å². The van der Waals surface area contributed by atoms with E-state index in [4.69, 9.17) is 4.74 Å². The van der Waals surface area contributed by atoms with Crippen LogP contribution in [0.2, 0.25) is 0 Å². The maximum Gasteiger partial charge on any atom is 0.0684 e. The number of rotatable bonds is 1. The Bertz CT molecular complexity index is 282. The minimum Gasteiger partial charge on any atom is -0.396 e. The first-order chi connectivity index (χ1) is 6.93. The lowest BCUT2D eigenvalue weighted by Crippen LogP contribution is -2.50. The summed E-state index contributed by atoms with van der Waals surface area (Å²) in [6.45, 7) is 11.8. The van der Waals surface area contributed by atoms with Crippen LogP contribution in [0.15, 0.2) is 12.2 Å². The van der Waals surface area contributed by atoms with Crippen LogP contribution in [0.3, 0.4) is 0 Å². The third kappa shape index (κ3) is 1.38. The number of hydrogen-bond donors (Lipinski definition) is 1. The summed E-state index contributed by atoms with van der Waals surface area (Å²) in [5, 5.41) is 9.66. The van der Waals surface area contributed by atoms with Crippen LogP contribution in [-0.4, -0.2) is 24.4 Å². The Morgan fingerprint density at radius 3 is 2.73 bits per heavy atom. The van der Waals surface area contributed by atoms with Crippen molar-refractivity contribution >= 4 is 0 Å². The summed E-state index contributed by atoms with van der Waals surface area (Å²) < 4.78 is 5.79. The van der Waals surface area contributed by atoms with Crippen LogP contribution in [0.25, 0.3) is 0 Å². The SMILES string of the molecule is C=C1CO[C@H]2CCC(C)(C)[C@H](CO)[C@@]12C. The van der Waals surface area contributed by atoms with Gasteiger partial charge < -0.3 is 9.84 Å². The molecule has 2 fully saturated rings. The van der Waals surface area contributed by atoms with Gasteiger partial charge in [0.15, 0.2) is 0 Å². The van der Waals surface area contributed by atoms with Crippen LogP contribution < -0.4 is 0 Å². The first kappa shape index (κ1) is 11.2. The van der Waals surface area contributed by atoms with Gasteiger partial charge in [-0.05, 0) is 29.7 Å². The maximum atomic E-state index is 9.66. The summed E-state index contributed by atoms with van der Waals surface area (Å²) in [4.78, 5) is 0. The average Bonchev–Trinajstić information content (AvgIpc) is 2.42. The van der Waals surface area contributed by atoms with Crippen molar-refractivity contribution in [1.82, 2.24) is 0 Å². The zero-order valence-electron chi connectivity index (χ0n) is 10.0.